The van der Waals surface area contributed by atoms with Gasteiger partial charge in [0.25, 0.3) is 0 Å². The zero-order valence-electron chi connectivity index (χ0n) is 12.7. The third kappa shape index (κ3) is 4.63. The van der Waals surface area contributed by atoms with Crippen molar-refractivity contribution >= 4 is 0 Å². The molecule has 0 aromatic heterocycles. The summed E-state index contributed by atoms with van der Waals surface area (Å²) in [6.07, 6.45) is 5.19. The van der Waals surface area contributed by atoms with Crippen LogP contribution in [0.15, 0.2) is 18.2 Å². The first-order valence-corrected chi connectivity index (χ1v) is 7.63. The minimum atomic E-state index is 0.767. The Bertz CT molecular complexity index is 394. The van der Waals surface area contributed by atoms with E-state index in [1.54, 1.807) is 0 Å². The summed E-state index contributed by atoms with van der Waals surface area (Å²) in [4.78, 5) is 2.47. The van der Waals surface area contributed by atoms with Crippen LogP contribution < -0.4 is 5.32 Å². The van der Waals surface area contributed by atoms with Crippen LogP contribution in [0, 0.1) is 13.8 Å². The number of rotatable bonds is 6. The van der Waals surface area contributed by atoms with Crippen molar-refractivity contribution in [3.8, 4) is 0 Å². The highest BCUT2D eigenvalue weighted by atomic mass is 15.1. The highest BCUT2D eigenvalue weighted by Gasteiger charge is 2.14. The molecule has 1 heterocycles. The summed E-state index contributed by atoms with van der Waals surface area (Å²) in [5.74, 6) is 0. The Morgan fingerprint density at radius 3 is 2.79 bits per heavy atom. The maximum Gasteiger partial charge on any atom is 0.00797 e. The van der Waals surface area contributed by atoms with Crippen molar-refractivity contribution in [3.63, 3.8) is 0 Å². The quantitative estimate of drug-likeness (QED) is 0.846. The van der Waals surface area contributed by atoms with E-state index in [4.69, 9.17) is 0 Å². The Labute approximate surface area is 118 Å². The van der Waals surface area contributed by atoms with Crippen LogP contribution in [0.2, 0.25) is 0 Å². The minimum absolute atomic E-state index is 0.767. The molecule has 1 aliphatic heterocycles. The van der Waals surface area contributed by atoms with Crippen molar-refractivity contribution in [2.45, 2.75) is 45.6 Å². The molecule has 1 N–H and O–H groups in total. The smallest absolute Gasteiger partial charge is 0.00797 e. The van der Waals surface area contributed by atoms with Gasteiger partial charge in [-0.15, -0.1) is 0 Å². The Kier molecular flexibility index (Phi) is 5.41. The van der Waals surface area contributed by atoms with E-state index in [2.05, 4.69) is 49.3 Å². The molecule has 2 heteroatoms. The second-order valence-electron chi connectivity index (χ2n) is 6.07. The van der Waals surface area contributed by atoms with E-state index in [0.29, 0.717) is 0 Å². The number of nitrogens with one attached hydrogen (secondary N) is 1. The molecule has 0 amide bonds. The van der Waals surface area contributed by atoms with Gasteiger partial charge in [-0.3, -0.25) is 0 Å². The topological polar surface area (TPSA) is 15.3 Å². The highest BCUT2D eigenvalue weighted by Crippen LogP contribution is 2.12. The lowest BCUT2D eigenvalue weighted by Crippen LogP contribution is -2.29. The van der Waals surface area contributed by atoms with Crippen molar-refractivity contribution in [1.82, 2.24) is 10.2 Å². The number of likely N-dealkylation sites (N-methyl/N-ethyl adjacent to an activating group) is 1. The van der Waals surface area contributed by atoms with Gasteiger partial charge in [-0.05, 0) is 70.8 Å². The third-order valence-corrected chi connectivity index (χ3v) is 4.28. The minimum Gasteiger partial charge on any atom is -0.314 e. The molecule has 0 spiro atoms. The van der Waals surface area contributed by atoms with Crippen LogP contribution >= 0.6 is 0 Å². The van der Waals surface area contributed by atoms with E-state index < -0.39 is 0 Å². The lowest BCUT2D eigenvalue weighted by molar-refractivity contribution is 0.316. The first-order chi connectivity index (χ1) is 9.15. The van der Waals surface area contributed by atoms with Gasteiger partial charge >= 0.3 is 0 Å². The van der Waals surface area contributed by atoms with Gasteiger partial charge < -0.3 is 10.2 Å². The van der Waals surface area contributed by atoms with Gasteiger partial charge in [0.15, 0.2) is 0 Å². The summed E-state index contributed by atoms with van der Waals surface area (Å²) in [6, 6.07) is 7.57. The van der Waals surface area contributed by atoms with Gasteiger partial charge in [0, 0.05) is 12.6 Å². The summed E-state index contributed by atoms with van der Waals surface area (Å²) in [5, 5.41) is 3.57. The van der Waals surface area contributed by atoms with Crippen molar-refractivity contribution in [2.24, 2.45) is 0 Å². The summed E-state index contributed by atoms with van der Waals surface area (Å²) >= 11 is 0. The van der Waals surface area contributed by atoms with Crippen molar-refractivity contribution in [2.75, 3.05) is 26.7 Å². The predicted molar refractivity (Wildman–Crippen MR) is 82.8 cm³/mol. The van der Waals surface area contributed by atoms with Gasteiger partial charge in [-0.1, -0.05) is 23.8 Å². The number of hydrogen-bond acceptors (Lipinski definition) is 2. The normalized spacial score (nSPS) is 19.3. The van der Waals surface area contributed by atoms with Crippen LogP contribution in [0.25, 0.3) is 0 Å². The maximum absolute atomic E-state index is 3.57. The van der Waals surface area contributed by atoms with Crippen LogP contribution in [0.1, 0.15) is 36.0 Å². The fraction of sp³-hybridized carbons (Fsp3) is 0.647. The molecule has 1 aromatic carbocycles. The first kappa shape index (κ1) is 14.5. The Morgan fingerprint density at radius 2 is 2.11 bits per heavy atom. The number of aryl methyl sites for hydroxylation is 2. The summed E-state index contributed by atoms with van der Waals surface area (Å²) < 4.78 is 0. The summed E-state index contributed by atoms with van der Waals surface area (Å²) in [5.41, 5.74) is 4.30. The zero-order chi connectivity index (χ0) is 13.7. The van der Waals surface area contributed by atoms with E-state index in [1.807, 2.05) is 0 Å². The number of benzene rings is 1. The van der Waals surface area contributed by atoms with Crippen LogP contribution in [0.3, 0.4) is 0 Å². The van der Waals surface area contributed by atoms with Gasteiger partial charge in [0.2, 0.25) is 0 Å². The summed E-state index contributed by atoms with van der Waals surface area (Å²) in [6.45, 7) is 7.98. The average Bonchev–Trinajstić information content (AvgIpc) is 2.88. The molecule has 2 nitrogen and oxygen atoms in total. The van der Waals surface area contributed by atoms with Gasteiger partial charge in [0.1, 0.15) is 0 Å². The molecule has 0 aliphatic carbocycles. The summed E-state index contributed by atoms with van der Waals surface area (Å²) in [7, 11) is 2.25. The second kappa shape index (κ2) is 7.06. The van der Waals surface area contributed by atoms with Crippen LogP contribution in [0.5, 0.6) is 0 Å². The third-order valence-electron chi connectivity index (χ3n) is 4.28. The molecular weight excluding hydrogens is 232 g/mol. The lowest BCUT2D eigenvalue weighted by Gasteiger charge is -2.19. The SMILES string of the molecule is Cc1ccc(CCN(C)CCC2CCCN2)c(C)c1. The van der Waals surface area contributed by atoms with Gasteiger partial charge in [-0.25, -0.2) is 0 Å². The molecule has 1 aliphatic rings. The van der Waals surface area contributed by atoms with Gasteiger partial charge in [-0.2, -0.15) is 0 Å². The molecule has 1 atom stereocenters. The molecule has 19 heavy (non-hydrogen) atoms. The van der Waals surface area contributed by atoms with Crippen LogP contribution in [-0.2, 0) is 6.42 Å². The average molecular weight is 260 g/mol. The molecule has 0 saturated carbocycles. The molecule has 1 unspecified atom stereocenters. The molecule has 1 saturated heterocycles. The zero-order valence-corrected chi connectivity index (χ0v) is 12.7. The fourth-order valence-electron chi connectivity index (χ4n) is 2.93. The van der Waals surface area contributed by atoms with E-state index in [0.717, 1.165) is 12.6 Å². The van der Waals surface area contributed by atoms with Crippen molar-refractivity contribution in [3.05, 3.63) is 34.9 Å². The van der Waals surface area contributed by atoms with E-state index in [1.165, 1.54) is 55.5 Å². The Balaban J connectivity index is 1.71. The molecule has 1 fully saturated rings. The monoisotopic (exact) mass is 260 g/mol. The molecule has 106 valence electrons. The van der Waals surface area contributed by atoms with E-state index in [9.17, 15) is 0 Å². The molecule has 0 radical (unpaired) electrons. The standard InChI is InChI=1S/C17H28N2/c1-14-6-7-16(15(2)13-14)8-11-19(3)12-9-17-5-4-10-18-17/h6-7,13,17-18H,4-5,8-12H2,1-3H3. The number of hydrogen-bond donors (Lipinski definition) is 1. The first-order valence-electron chi connectivity index (χ1n) is 7.63. The number of nitrogens with zero attached hydrogens (tertiary/aromatic N) is 1. The molecule has 0 bridgehead atoms. The molecule has 2 rings (SSSR count). The highest BCUT2D eigenvalue weighted by molar-refractivity contribution is 5.30. The largest absolute Gasteiger partial charge is 0.314 e. The maximum atomic E-state index is 3.57. The van der Waals surface area contributed by atoms with Crippen LogP contribution in [-0.4, -0.2) is 37.6 Å². The fourth-order valence-corrected chi connectivity index (χ4v) is 2.93. The van der Waals surface area contributed by atoms with Crippen molar-refractivity contribution in [1.29, 1.82) is 0 Å². The predicted octanol–water partition coefficient (Wildman–Crippen LogP) is 2.92. The van der Waals surface area contributed by atoms with E-state index >= 15 is 0 Å². The van der Waals surface area contributed by atoms with Crippen LogP contribution in [0.4, 0.5) is 0 Å². The Morgan fingerprint density at radius 1 is 1.26 bits per heavy atom. The Hall–Kier alpha value is -0.860. The second-order valence-corrected chi connectivity index (χ2v) is 6.07. The van der Waals surface area contributed by atoms with E-state index in [-0.39, 0.29) is 0 Å². The van der Waals surface area contributed by atoms with Gasteiger partial charge in [0.05, 0.1) is 0 Å². The lowest BCUT2D eigenvalue weighted by atomic mass is 10.0. The molecular formula is C17H28N2. The van der Waals surface area contributed by atoms with Crippen molar-refractivity contribution < 1.29 is 0 Å². The molecule has 1 aromatic rings.